The Bertz CT molecular complexity index is 198. The maximum absolute atomic E-state index is 11.6. The molecule has 1 N–H and O–H groups in total. The first-order valence-corrected chi connectivity index (χ1v) is 5.77. The summed E-state index contributed by atoms with van der Waals surface area (Å²) in [6, 6.07) is 0. The van der Waals surface area contributed by atoms with Crippen LogP contribution in [0.3, 0.4) is 0 Å². The van der Waals surface area contributed by atoms with Crippen molar-refractivity contribution < 1.29 is 9.90 Å². The Hall–Kier alpha value is -0.370. The van der Waals surface area contributed by atoms with Gasteiger partial charge in [-0.3, -0.25) is 4.79 Å². The fourth-order valence-corrected chi connectivity index (χ4v) is 2.28. The summed E-state index contributed by atoms with van der Waals surface area (Å²) >= 11 is 0. The predicted octanol–water partition coefficient (Wildman–Crippen LogP) is 2.40. The van der Waals surface area contributed by atoms with E-state index in [0.29, 0.717) is 12.3 Å². The van der Waals surface area contributed by atoms with Crippen LogP contribution < -0.4 is 0 Å². The summed E-state index contributed by atoms with van der Waals surface area (Å²) in [5.74, 6) is 1.06. The highest BCUT2D eigenvalue weighted by molar-refractivity contribution is 5.84. The highest BCUT2D eigenvalue weighted by Gasteiger charge is 2.39. The van der Waals surface area contributed by atoms with Crippen molar-refractivity contribution in [2.24, 2.45) is 17.8 Å². The van der Waals surface area contributed by atoms with Crippen molar-refractivity contribution in [3.63, 3.8) is 0 Å². The summed E-state index contributed by atoms with van der Waals surface area (Å²) in [5, 5.41) is 9.91. The molecule has 1 aliphatic carbocycles. The van der Waals surface area contributed by atoms with Gasteiger partial charge in [0.2, 0.25) is 0 Å². The minimum absolute atomic E-state index is 0.0673. The van der Waals surface area contributed by atoms with Crippen molar-refractivity contribution >= 4 is 5.78 Å². The number of carbonyl (C=O) groups is 1. The van der Waals surface area contributed by atoms with Gasteiger partial charge in [0.05, 0.1) is 6.10 Å². The Morgan fingerprint density at radius 2 is 2.14 bits per heavy atom. The van der Waals surface area contributed by atoms with E-state index in [1.807, 2.05) is 6.92 Å². The van der Waals surface area contributed by atoms with Crippen LogP contribution in [0.15, 0.2) is 0 Å². The number of carbonyl (C=O) groups excluding carboxylic acids is 1. The molecule has 2 nitrogen and oxygen atoms in total. The Kier molecular flexibility index (Phi) is 4.11. The maximum Gasteiger partial charge on any atom is 0.138 e. The Labute approximate surface area is 86.7 Å². The summed E-state index contributed by atoms with van der Waals surface area (Å²) < 4.78 is 0. The fraction of sp³-hybridized carbons (Fsp3) is 0.917. The van der Waals surface area contributed by atoms with Gasteiger partial charge in [-0.25, -0.2) is 0 Å². The molecule has 2 heteroatoms. The van der Waals surface area contributed by atoms with Gasteiger partial charge in [0.25, 0.3) is 0 Å². The average Bonchev–Trinajstić information content (AvgIpc) is 2.39. The standard InChI is InChI=1S/C12H22O2/c1-4-9-7-11(13)10(12(9)14)6-5-8(2)3/h8-10,12,14H,4-7H2,1-3H3. The molecule has 1 fully saturated rings. The van der Waals surface area contributed by atoms with E-state index in [1.165, 1.54) is 0 Å². The Morgan fingerprint density at radius 3 is 2.57 bits per heavy atom. The van der Waals surface area contributed by atoms with E-state index < -0.39 is 0 Å². The summed E-state index contributed by atoms with van der Waals surface area (Å²) in [6.07, 6.45) is 3.06. The fourth-order valence-electron chi connectivity index (χ4n) is 2.28. The lowest BCUT2D eigenvalue weighted by atomic mass is 9.92. The zero-order chi connectivity index (χ0) is 10.7. The van der Waals surface area contributed by atoms with E-state index in [2.05, 4.69) is 13.8 Å². The normalized spacial score (nSPS) is 32.9. The summed E-state index contributed by atoms with van der Waals surface area (Å²) in [5.41, 5.74) is 0. The van der Waals surface area contributed by atoms with Crippen molar-refractivity contribution in [3.05, 3.63) is 0 Å². The van der Waals surface area contributed by atoms with E-state index in [9.17, 15) is 9.90 Å². The van der Waals surface area contributed by atoms with E-state index in [0.717, 1.165) is 19.3 Å². The Morgan fingerprint density at radius 1 is 1.50 bits per heavy atom. The predicted molar refractivity (Wildman–Crippen MR) is 57.0 cm³/mol. The molecule has 1 aliphatic rings. The number of aliphatic hydroxyl groups is 1. The molecule has 3 unspecified atom stereocenters. The van der Waals surface area contributed by atoms with Crippen LogP contribution in [-0.4, -0.2) is 17.0 Å². The molecule has 1 rings (SSSR count). The van der Waals surface area contributed by atoms with Crippen molar-refractivity contribution in [2.45, 2.75) is 52.6 Å². The highest BCUT2D eigenvalue weighted by atomic mass is 16.3. The van der Waals surface area contributed by atoms with E-state index in [-0.39, 0.29) is 23.7 Å². The molecule has 0 heterocycles. The number of ketones is 1. The second kappa shape index (κ2) is 4.92. The smallest absolute Gasteiger partial charge is 0.138 e. The molecule has 0 radical (unpaired) electrons. The maximum atomic E-state index is 11.6. The topological polar surface area (TPSA) is 37.3 Å². The SMILES string of the molecule is CCC1CC(=O)C(CCC(C)C)C1O. The van der Waals surface area contributed by atoms with Gasteiger partial charge in [-0.15, -0.1) is 0 Å². The molecular weight excluding hydrogens is 176 g/mol. The van der Waals surface area contributed by atoms with Gasteiger partial charge < -0.3 is 5.11 Å². The van der Waals surface area contributed by atoms with Crippen LogP contribution in [0.5, 0.6) is 0 Å². The average molecular weight is 198 g/mol. The molecule has 0 aromatic carbocycles. The number of hydrogen-bond acceptors (Lipinski definition) is 2. The molecule has 0 amide bonds. The second-order valence-electron chi connectivity index (χ2n) is 4.91. The van der Waals surface area contributed by atoms with Gasteiger partial charge in [-0.05, 0) is 18.3 Å². The number of Topliss-reactive ketones (excluding diaryl/α,β-unsaturated/α-hetero) is 1. The summed E-state index contributed by atoms with van der Waals surface area (Å²) in [7, 11) is 0. The minimum Gasteiger partial charge on any atom is -0.392 e. The van der Waals surface area contributed by atoms with Crippen molar-refractivity contribution in [1.82, 2.24) is 0 Å². The van der Waals surface area contributed by atoms with E-state index >= 15 is 0 Å². The first-order valence-electron chi connectivity index (χ1n) is 5.77. The molecule has 0 saturated heterocycles. The van der Waals surface area contributed by atoms with Crippen LogP contribution in [0.1, 0.15) is 46.5 Å². The van der Waals surface area contributed by atoms with Crippen LogP contribution in [0, 0.1) is 17.8 Å². The van der Waals surface area contributed by atoms with Crippen molar-refractivity contribution in [2.75, 3.05) is 0 Å². The van der Waals surface area contributed by atoms with Crippen molar-refractivity contribution in [1.29, 1.82) is 0 Å². The summed E-state index contributed by atoms with van der Waals surface area (Å²) in [4.78, 5) is 11.6. The van der Waals surface area contributed by atoms with Crippen LogP contribution in [-0.2, 0) is 4.79 Å². The van der Waals surface area contributed by atoms with E-state index in [1.54, 1.807) is 0 Å². The molecule has 0 bridgehead atoms. The zero-order valence-corrected chi connectivity index (χ0v) is 9.49. The first-order chi connectivity index (χ1) is 6.56. The molecule has 0 spiro atoms. The third kappa shape index (κ3) is 2.57. The number of hydrogen-bond donors (Lipinski definition) is 1. The molecule has 0 aliphatic heterocycles. The Balaban J connectivity index is 2.48. The van der Waals surface area contributed by atoms with Gasteiger partial charge in [0.1, 0.15) is 5.78 Å². The monoisotopic (exact) mass is 198 g/mol. The first kappa shape index (κ1) is 11.7. The van der Waals surface area contributed by atoms with Gasteiger partial charge in [-0.2, -0.15) is 0 Å². The van der Waals surface area contributed by atoms with Crippen LogP contribution in [0.25, 0.3) is 0 Å². The lowest BCUT2D eigenvalue weighted by Crippen LogP contribution is -2.23. The van der Waals surface area contributed by atoms with Crippen LogP contribution >= 0.6 is 0 Å². The highest BCUT2D eigenvalue weighted by Crippen LogP contribution is 2.33. The number of aliphatic hydroxyl groups excluding tert-OH is 1. The lowest BCUT2D eigenvalue weighted by molar-refractivity contribution is -0.122. The molecule has 0 aromatic rings. The van der Waals surface area contributed by atoms with Gasteiger partial charge in [0, 0.05) is 12.3 Å². The third-order valence-corrected chi connectivity index (χ3v) is 3.35. The lowest BCUT2D eigenvalue weighted by Gasteiger charge is -2.17. The summed E-state index contributed by atoms with van der Waals surface area (Å²) in [6.45, 7) is 6.36. The van der Waals surface area contributed by atoms with Crippen LogP contribution in [0.2, 0.25) is 0 Å². The van der Waals surface area contributed by atoms with Gasteiger partial charge in [0.15, 0.2) is 0 Å². The quantitative estimate of drug-likeness (QED) is 0.753. The van der Waals surface area contributed by atoms with E-state index in [4.69, 9.17) is 0 Å². The van der Waals surface area contributed by atoms with Gasteiger partial charge >= 0.3 is 0 Å². The third-order valence-electron chi connectivity index (χ3n) is 3.35. The molecule has 0 aromatic heterocycles. The largest absolute Gasteiger partial charge is 0.392 e. The minimum atomic E-state index is -0.369. The van der Waals surface area contributed by atoms with Crippen LogP contribution in [0.4, 0.5) is 0 Å². The van der Waals surface area contributed by atoms with Gasteiger partial charge in [-0.1, -0.05) is 33.6 Å². The second-order valence-corrected chi connectivity index (χ2v) is 4.91. The zero-order valence-electron chi connectivity index (χ0n) is 9.49. The molecule has 82 valence electrons. The molecular formula is C12H22O2. The molecule has 14 heavy (non-hydrogen) atoms. The number of rotatable bonds is 4. The van der Waals surface area contributed by atoms with Crippen molar-refractivity contribution in [3.8, 4) is 0 Å². The molecule has 1 saturated carbocycles. The molecule has 3 atom stereocenters.